The predicted octanol–water partition coefficient (Wildman–Crippen LogP) is 2.31. The van der Waals surface area contributed by atoms with E-state index < -0.39 is 0 Å². The number of nitrogens with one attached hydrogen (secondary N) is 1. The number of carbonyl (C=O) groups excluding carboxylic acids is 1. The number of aromatic hydroxyl groups is 1. The quantitative estimate of drug-likeness (QED) is 0.794. The zero-order valence-electron chi connectivity index (χ0n) is 10.1. The van der Waals surface area contributed by atoms with E-state index in [0.717, 1.165) is 0 Å². The van der Waals surface area contributed by atoms with Gasteiger partial charge in [-0.25, -0.2) is 0 Å². The second-order valence-electron chi connectivity index (χ2n) is 4.29. The number of phenolic OH excluding ortho intramolecular Hbond substituents is 1. The molecule has 1 rings (SSSR count). The van der Waals surface area contributed by atoms with Crippen LogP contribution in [-0.4, -0.2) is 22.9 Å². The van der Waals surface area contributed by atoms with Gasteiger partial charge in [0.05, 0.1) is 6.42 Å². The van der Waals surface area contributed by atoms with Crippen LogP contribution in [0.15, 0.2) is 24.3 Å². The molecule has 0 heterocycles. The molecule has 0 aliphatic rings. The molecule has 0 radical (unpaired) electrons. The minimum Gasteiger partial charge on any atom is -0.508 e. The van der Waals surface area contributed by atoms with Crippen LogP contribution < -0.4 is 5.32 Å². The number of rotatable bonds is 5. The number of halogens is 1. The highest BCUT2D eigenvalue weighted by Crippen LogP contribution is 2.16. The zero-order valence-corrected chi connectivity index (χ0v) is 10.9. The molecular formula is C13H18ClNO2. The number of para-hydroxylation sites is 1. The molecule has 0 spiro atoms. The van der Waals surface area contributed by atoms with Crippen molar-refractivity contribution in [1.29, 1.82) is 0 Å². The van der Waals surface area contributed by atoms with E-state index in [-0.39, 0.29) is 30.0 Å². The van der Waals surface area contributed by atoms with Crippen LogP contribution in [0.1, 0.15) is 19.4 Å². The topological polar surface area (TPSA) is 49.3 Å². The molecule has 2 unspecified atom stereocenters. The molecule has 4 heteroatoms. The van der Waals surface area contributed by atoms with Gasteiger partial charge in [-0.05, 0) is 18.9 Å². The summed E-state index contributed by atoms with van der Waals surface area (Å²) in [6, 6.07) is 6.88. The lowest BCUT2D eigenvalue weighted by Gasteiger charge is -2.19. The zero-order chi connectivity index (χ0) is 12.8. The molecule has 1 aromatic rings. The molecule has 94 valence electrons. The number of phenols is 1. The fourth-order valence-electron chi connectivity index (χ4n) is 1.41. The van der Waals surface area contributed by atoms with E-state index >= 15 is 0 Å². The summed E-state index contributed by atoms with van der Waals surface area (Å²) in [4.78, 5) is 11.7. The van der Waals surface area contributed by atoms with Gasteiger partial charge in [0.1, 0.15) is 5.75 Å². The summed E-state index contributed by atoms with van der Waals surface area (Å²) in [5.74, 6) is 0.791. The van der Waals surface area contributed by atoms with Gasteiger partial charge in [-0.3, -0.25) is 4.79 Å². The van der Waals surface area contributed by atoms with Gasteiger partial charge in [-0.2, -0.15) is 0 Å². The molecule has 1 amide bonds. The maximum Gasteiger partial charge on any atom is 0.224 e. The van der Waals surface area contributed by atoms with Crippen molar-refractivity contribution in [2.45, 2.75) is 26.3 Å². The van der Waals surface area contributed by atoms with E-state index in [1.807, 2.05) is 13.8 Å². The molecule has 0 saturated heterocycles. The molecule has 3 nitrogen and oxygen atoms in total. The van der Waals surface area contributed by atoms with Gasteiger partial charge >= 0.3 is 0 Å². The van der Waals surface area contributed by atoms with E-state index in [1.54, 1.807) is 24.3 Å². The molecule has 17 heavy (non-hydrogen) atoms. The normalized spacial score (nSPS) is 14.1. The third-order valence-corrected chi connectivity index (χ3v) is 3.32. The van der Waals surface area contributed by atoms with Gasteiger partial charge in [-0.1, -0.05) is 25.1 Å². The van der Waals surface area contributed by atoms with Gasteiger partial charge in [0, 0.05) is 17.5 Å². The van der Waals surface area contributed by atoms with Crippen LogP contribution >= 0.6 is 11.6 Å². The molecule has 0 aliphatic carbocycles. The van der Waals surface area contributed by atoms with Crippen molar-refractivity contribution < 1.29 is 9.90 Å². The SMILES string of the molecule is CC(CCl)C(C)NC(=O)Cc1ccccc1O. The Kier molecular flexibility index (Phi) is 5.29. The Morgan fingerprint density at radius 1 is 1.41 bits per heavy atom. The molecule has 1 aromatic carbocycles. The van der Waals surface area contributed by atoms with Crippen LogP contribution in [0.4, 0.5) is 0 Å². The lowest BCUT2D eigenvalue weighted by Crippen LogP contribution is -2.38. The van der Waals surface area contributed by atoms with Crippen molar-refractivity contribution in [3.8, 4) is 5.75 Å². The van der Waals surface area contributed by atoms with Gasteiger partial charge in [0.25, 0.3) is 0 Å². The first-order chi connectivity index (χ1) is 8.04. The molecule has 0 aliphatic heterocycles. The smallest absolute Gasteiger partial charge is 0.224 e. The molecular weight excluding hydrogens is 238 g/mol. The molecule has 0 fully saturated rings. The first-order valence-corrected chi connectivity index (χ1v) is 6.20. The summed E-state index contributed by atoms with van der Waals surface area (Å²) in [5.41, 5.74) is 0.635. The van der Waals surface area contributed by atoms with E-state index in [9.17, 15) is 9.90 Å². The predicted molar refractivity (Wildman–Crippen MR) is 69.3 cm³/mol. The standard InChI is InChI=1S/C13H18ClNO2/c1-9(8-14)10(2)15-13(17)7-11-5-3-4-6-12(11)16/h3-6,9-10,16H,7-8H2,1-2H3,(H,15,17). The minimum atomic E-state index is -0.101. The summed E-state index contributed by atoms with van der Waals surface area (Å²) >= 11 is 5.72. The van der Waals surface area contributed by atoms with Gasteiger partial charge in [0.15, 0.2) is 0 Å². The highest BCUT2D eigenvalue weighted by Gasteiger charge is 2.14. The maximum atomic E-state index is 11.7. The number of alkyl halides is 1. The Bertz CT molecular complexity index is 381. The van der Waals surface area contributed by atoms with E-state index in [2.05, 4.69) is 5.32 Å². The molecule has 0 aromatic heterocycles. The fourth-order valence-corrected chi connectivity index (χ4v) is 1.68. The van der Waals surface area contributed by atoms with Crippen LogP contribution in [-0.2, 0) is 11.2 Å². The van der Waals surface area contributed by atoms with Crippen molar-refractivity contribution in [2.75, 3.05) is 5.88 Å². The minimum absolute atomic E-state index is 0.0332. The Hall–Kier alpha value is -1.22. The molecule has 2 N–H and O–H groups in total. The second kappa shape index (κ2) is 6.50. The summed E-state index contributed by atoms with van der Waals surface area (Å²) < 4.78 is 0. The first kappa shape index (κ1) is 13.8. The van der Waals surface area contributed by atoms with Gasteiger partial charge in [0.2, 0.25) is 5.91 Å². The Balaban J connectivity index is 2.53. The monoisotopic (exact) mass is 255 g/mol. The molecule has 0 saturated carbocycles. The number of hydrogen-bond acceptors (Lipinski definition) is 2. The third-order valence-electron chi connectivity index (χ3n) is 2.83. The lowest BCUT2D eigenvalue weighted by atomic mass is 10.1. The third kappa shape index (κ3) is 4.27. The van der Waals surface area contributed by atoms with Crippen LogP contribution in [0.3, 0.4) is 0 Å². The summed E-state index contributed by atoms with van der Waals surface area (Å²) in [6.07, 6.45) is 0.187. The fraction of sp³-hybridized carbons (Fsp3) is 0.462. The molecule has 0 bridgehead atoms. The van der Waals surface area contributed by atoms with Crippen molar-refractivity contribution in [1.82, 2.24) is 5.32 Å². The highest BCUT2D eigenvalue weighted by molar-refractivity contribution is 6.18. The largest absolute Gasteiger partial charge is 0.508 e. The lowest BCUT2D eigenvalue weighted by molar-refractivity contribution is -0.121. The van der Waals surface area contributed by atoms with E-state index in [4.69, 9.17) is 11.6 Å². The summed E-state index contributed by atoms with van der Waals surface area (Å²) in [5, 5.41) is 12.4. The average Bonchev–Trinajstić information content (AvgIpc) is 2.31. The Morgan fingerprint density at radius 2 is 2.06 bits per heavy atom. The first-order valence-electron chi connectivity index (χ1n) is 5.66. The average molecular weight is 256 g/mol. The van der Waals surface area contributed by atoms with Crippen LogP contribution in [0.5, 0.6) is 5.75 Å². The number of carbonyl (C=O) groups is 1. The van der Waals surface area contributed by atoms with Crippen molar-refractivity contribution in [2.24, 2.45) is 5.92 Å². The number of hydrogen-bond donors (Lipinski definition) is 2. The maximum absolute atomic E-state index is 11.7. The van der Waals surface area contributed by atoms with Crippen molar-refractivity contribution in [3.05, 3.63) is 29.8 Å². The molecule has 2 atom stereocenters. The van der Waals surface area contributed by atoms with E-state index in [1.165, 1.54) is 0 Å². The van der Waals surface area contributed by atoms with Gasteiger partial charge in [-0.15, -0.1) is 11.6 Å². The summed E-state index contributed by atoms with van der Waals surface area (Å²) in [7, 11) is 0. The van der Waals surface area contributed by atoms with Crippen molar-refractivity contribution >= 4 is 17.5 Å². The Labute approximate surface area is 107 Å². The second-order valence-corrected chi connectivity index (χ2v) is 4.60. The van der Waals surface area contributed by atoms with Crippen molar-refractivity contribution in [3.63, 3.8) is 0 Å². The summed E-state index contributed by atoms with van der Waals surface area (Å²) in [6.45, 7) is 3.91. The van der Waals surface area contributed by atoms with Crippen LogP contribution in [0.25, 0.3) is 0 Å². The van der Waals surface area contributed by atoms with Crippen LogP contribution in [0, 0.1) is 5.92 Å². The van der Waals surface area contributed by atoms with Gasteiger partial charge < -0.3 is 10.4 Å². The van der Waals surface area contributed by atoms with Crippen LogP contribution in [0.2, 0.25) is 0 Å². The number of amides is 1. The Morgan fingerprint density at radius 3 is 2.65 bits per heavy atom. The highest BCUT2D eigenvalue weighted by atomic mass is 35.5. The number of benzene rings is 1. The van der Waals surface area contributed by atoms with E-state index in [0.29, 0.717) is 11.4 Å².